The lowest BCUT2D eigenvalue weighted by molar-refractivity contribution is -0.384. The van der Waals surface area contributed by atoms with Gasteiger partial charge in [-0.25, -0.2) is 8.42 Å². The minimum Gasteiger partial charge on any atom is -0.493 e. The Labute approximate surface area is 139 Å². The average Bonchev–Trinajstić information content (AvgIpc) is 2.55. The van der Waals surface area contributed by atoms with Crippen LogP contribution < -0.4 is 14.2 Å². The Balaban J connectivity index is 2.37. The maximum Gasteiger partial charge on any atom is 0.269 e. The minimum atomic E-state index is -3.88. The molecular weight excluding hydrogens is 336 g/mol. The highest BCUT2D eigenvalue weighted by Crippen LogP contribution is 2.31. The Kier molecular flexibility index (Phi) is 4.93. The van der Waals surface area contributed by atoms with Crippen LogP contribution in [0.2, 0.25) is 0 Å². The maximum absolute atomic E-state index is 12.5. The van der Waals surface area contributed by atoms with Crippen molar-refractivity contribution in [1.29, 1.82) is 0 Å². The molecule has 24 heavy (non-hydrogen) atoms. The lowest BCUT2D eigenvalue weighted by Gasteiger charge is -2.13. The third kappa shape index (κ3) is 3.57. The van der Waals surface area contributed by atoms with Crippen molar-refractivity contribution >= 4 is 21.4 Å². The molecule has 0 aliphatic rings. The molecule has 0 bridgehead atoms. The highest BCUT2D eigenvalue weighted by Gasteiger charge is 2.19. The highest BCUT2D eigenvalue weighted by molar-refractivity contribution is 7.92. The van der Waals surface area contributed by atoms with E-state index in [1.807, 2.05) is 0 Å². The van der Waals surface area contributed by atoms with Crippen molar-refractivity contribution in [2.75, 3.05) is 18.9 Å². The first-order valence-electron chi connectivity index (χ1n) is 6.78. The number of hydrogen-bond donors (Lipinski definition) is 1. The third-order valence-corrected chi connectivity index (χ3v) is 4.69. The van der Waals surface area contributed by atoms with Gasteiger partial charge in [0.1, 0.15) is 0 Å². The van der Waals surface area contributed by atoms with E-state index in [1.165, 1.54) is 50.6 Å². The van der Waals surface area contributed by atoms with Crippen molar-refractivity contribution in [2.45, 2.75) is 11.8 Å². The molecule has 0 radical (unpaired) electrons. The first-order valence-corrected chi connectivity index (χ1v) is 8.26. The topological polar surface area (TPSA) is 108 Å². The molecule has 0 heterocycles. The van der Waals surface area contributed by atoms with Gasteiger partial charge < -0.3 is 9.47 Å². The van der Waals surface area contributed by atoms with E-state index in [2.05, 4.69) is 4.72 Å². The number of hydrogen-bond acceptors (Lipinski definition) is 6. The van der Waals surface area contributed by atoms with Gasteiger partial charge in [-0.05, 0) is 30.7 Å². The van der Waals surface area contributed by atoms with E-state index in [-0.39, 0.29) is 22.0 Å². The number of sulfonamides is 1. The first kappa shape index (κ1) is 17.5. The van der Waals surface area contributed by atoms with Crippen LogP contribution in [-0.2, 0) is 10.0 Å². The number of anilines is 1. The smallest absolute Gasteiger partial charge is 0.269 e. The molecule has 0 aliphatic heterocycles. The summed E-state index contributed by atoms with van der Waals surface area (Å²) >= 11 is 0. The van der Waals surface area contributed by atoms with Crippen molar-refractivity contribution in [3.63, 3.8) is 0 Å². The summed E-state index contributed by atoms with van der Waals surface area (Å²) in [6.07, 6.45) is 0. The van der Waals surface area contributed by atoms with Crippen LogP contribution >= 0.6 is 0 Å². The molecule has 8 nitrogen and oxygen atoms in total. The Morgan fingerprint density at radius 2 is 1.71 bits per heavy atom. The summed E-state index contributed by atoms with van der Waals surface area (Å²) in [5.74, 6) is 0.684. The fourth-order valence-corrected chi connectivity index (χ4v) is 3.21. The number of non-ortho nitro benzene ring substituents is 1. The number of nitro groups is 1. The van der Waals surface area contributed by atoms with Gasteiger partial charge in [0.05, 0.1) is 29.7 Å². The molecule has 0 aromatic heterocycles. The summed E-state index contributed by atoms with van der Waals surface area (Å²) in [6.45, 7) is 1.58. The molecule has 2 aromatic carbocycles. The van der Waals surface area contributed by atoms with Crippen LogP contribution in [-0.4, -0.2) is 27.6 Å². The van der Waals surface area contributed by atoms with Crippen LogP contribution in [0.15, 0.2) is 41.3 Å². The van der Waals surface area contributed by atoms with Crippen LogP contribution in [0, 0.1) is 17.0 Å². The summed E-state index contributed by atoms with van der Waals surface area (Å²) in [6, 6.07) is 8.08. The van der Waals surface area contributed by atoms with Crippen LogP contribution in [0.5, 0.6) is 11.5 Å². The lowest BCUT2D eigenvalue weighted by Crippen LogP contribution is -2.14. The van der Waals surface area contributed by atoms with Gasteiger partial charge in [-0.2, -0.15) is 0 Å². The largest absolute Gasteiger partial charge is 0.493 e. The van der Waals surface area contributed by atoms with Crippen LogP contribution in [0.4, 0.5) is 11.4 Å². The third-order valence-electron chi connectivity index (χ3n) is 3.33. The monoisotopic (exact) mass is 352 g/mol. The highest BCUT2D eigenvalue weighted by atomic mass is 32.2. The number of aryl methyl sites for hydroxylation is 1. The molecular formula is C15H16N2O6S. The van der Waals surface area contributed by atoms with Crippen molar-refractivity contribution in [2.24, 2.45) is 0 Å². The molecule has 2 aromatic rings. The van der Waals surface area contributed by atoms with E-state index in [0.29, 0.717) is 11.3 Å². The fourth-order valence-electron chi connectivity index (χ4n) is 2.06. The van der Waals surface area contributed by atoms with Crippen molar-refractivity contribution in [3.8, 4) is 11.5 Å². The summed E-state index contributed by atoms with van der Waals surface area (Å²) in [4.78, 5) is 10.2. The van der Waals surface area contributed by atoms with E-state index >= 15 is 0 Å². The molecule has 0 saturated carbocycles. The summed E-state index contributed by atoms with van der Waals surface area (Å²) in [7, 11) is -1.03. The van der Waals surface area contributed by atoms with E-state index in [0.717, 1.165) is 0 Å². The van der Waals surface area contributed by atoms with Crippen molar-refractivity contribution < 1.29 is 22.8 Å². The maximum atomic E-state index is 12.5. The SMILES string of the molecule is COc1ccc(S(=O)(=O)Nc2ccc([N+](=O)[O-])cc2C)cc1OC. The van der Waals surface area contributed by atoms with Gasteiger partial charge in [0.15, 0.2) is 11.5 Å². The second kappa shape index (κ2) is 6.75. The Hall–Kier alpha value is -2.81. The number of ether oxygens (including phenoxy) is 2. The zero-order valence-corrected chi connectivity index (χ0v) is 14.1. The molecule has 0 fully saturated rings. The molecule has 2 rings (SSSR count). The number of methoxy groups -OCH3 is 2. The molecule has 0 atom stereocenters. The molecule has 0 spiro atoms. The first-order chi connectivity index (χ1) is 11.3. The van der Waals surface area contributed by atoms with Gasteiger partial charge in [0, 0.05) is 18.2 Å². The number of nitrogens with one attached hydrogen (secondary N) is 1. The fraction of sp³-hybridized carbons (Fsp3) is 0.200. The summed E-state index contributed by atoms with van der Waals surface area (Å²) in [5.41, 5.74) is 0.588. The second-order valence-corrected chi connectivity index (χ2v) is 6.56. The Bertz CT molecular complexity index is 880. The second-order valence-electron chi connectivity index (χ2n) is 4.88. The van der Waals surface area contributed by atoms with Crippen molar-refractivity contribution in [3.05, 3.63) is 52.1 Å². The molecule has 0 saturated heterocycles. The Morgan fingerprint density at radius 3 is 2.25 bits per heavy atom. The van der Waals surface area contributed by atoms with E-state index in [9.17, 15) is 18.5 Å². The van der Waals surface area contributed by atoms with Gasteiger partial charge in [-0.1, -0.05) is 0 Å². The lowest BCUT2D eigenvalue weighted by atomic mass is 10.2. The number of nitro benzene ring substituents is 1. The molecule has 128 valence electrons. The van der Waals surface area contributed by atoms with Crippen LogP contribution in [0.3, 0.4) is 0 Å². The molecule has 0 amide bonds. The quantitative estimate of drug-likeness (QED) is 0.632. The van der Waals surface area contributed by atoms with E-state index in [4.69, 9.17) is 9.47 Å². The number of benzene rings is 2. The molecule has 1 N–H and O–H groups in total. The van der Waals surface area contributed by atoms with Gasteiger partial charge in [0.2, 0.25) is 0 Å². The zero-order valence-electron chi connectivity index (χ0n) is 13.3. The summed E-state index contributed by atoms with van der Waals surface area (Å²) < 4.78 is 37.6. The Morgan fingerprint density at radius 1 is 1.04 bits per heavy atom. The van der Waals surface area contributed by atoms with Crippen LogP contribution in [0.25, 0.3) is 0 Å². The zero-order chi connectivity index (χ0) is 17.9. The molecule has 0 aliphatic carbocycles. The van der Waals surface area contributed by atoms with Gasteiger partial charge >= 0.3 is 0 Å². The average molecular weight is 352 g/mol. The molecule has 0 unspecified atom stereocenters. The van der Waals surface area contributed by atoms with Gasteiger partial charge in [-0.15, -0.1) is 0 Å². The van der Waals surface area contributed by atoms with Gasteiger partial charge in [-0.3, -0.25) is 14.8 Å². The predicted molar refractivity (Wildman–Crippen MR) is 88.2 cm³/mol. The normalized spacial score (nSPS) is 11.0. The number of nitrogens with zero attached hydrogens (tertiary/aromatic N) is 1. The predicted octanol–water partition coefficient (Wildman–Crippen LogP) is 2.72. The van der Waals surface area contributed by atoms with E-state index < -0.39 is 14.9 Å². The number of rotatable bonds is 6. The van der Waals surface area contributed by atoms with Crippen LogP contribution in [0.1, 0.15) is 5.56 Å². The molecule has 9 heteroatoms. The standard InChI is InChI=1S/C15H16N2O6S/c1-10-8-11(17(18)19)4-6-13(10)16-24(20,21)12-5-7-14(22-2)15(9-12)23-3/h4-9,16H,1-3H3. The van der Waals surface area contributed by atoms with Gasteiger partial charge in [0.25, 0.3) is 15.7 Å². The summed E-state index contributed by atoms with van der Waals surface area (Å²) in [5, 5.41) is 10.7. The minimum absolute atomic E-state index is 0.0158. The van der Waals surface area contributed by atoms with Crippen molar-refractivity contribution in [1.82, 2.24) is 0 Å². The van der Waals surface area contributed by atoms with E-state index in [1.54, 1.807) is 6.92 Å².